The molecule has 2 aromatic carbocycles. The molecule has 0 fully saturated rings. The van der Waals surface area contributed by atoms with Gasteiger partial charge in [-0.25, -0.2) is 0 Å². The molecule has 0 heterocycles. The average Bonchev–Trinajstić information content (AvgIpc) is 2.51. The number of rotatable bonds is 3. The van der Waals surface area contributed by atoms with Crippen molar-refractivity contribution >= 4 is 28.9 Å². The highest BCUT2D eigenvalue weighted by molar-refractivity contribution is 7.80. The van der Waals surface area contributed by atoms with Crippen LogP contribution in [-0.2, 0) is 0 Å². The van der Waals surface area contributed by atoms with Gasteiger partial charge in [0.15, 0.2) is 5.11 Å². The number of para-hydroxylation sites is 1. The van der Waals surface area contributed by atoms with Crippen LogP contribution in [0, 0.1) is 13.8 Å². The van der Waals surface area contributed by atoms with E-state index in [1.54, 1.807) is 31.4 Å². The van der Waals surface area contributed by atoms with Gasteiger partial charge in [-0.3, -0.25) is 10.1 Å². The van der Waals surface area contributed by atoms with E-state index in [1.807, 2.05) is 32.0 Å². The van der Waals surface area contributed by atoms with Crippen molar-refractivity contribution < 1.29 is 9.53 Å². The number of hydrogen-bond acceptors (Lipinski definition) is 3. The highest BCUT2D eigenvalue weighted by Crippen LogP contribution is 2.19. The molecule has 0 unspecified atom stereocenters. The minimum Gasteiger partial charge on any atom is -0.497 e. The highest BCUT2D eigenvalue weighted by atomic mass is 32.1. The number of benzene rings is 2. The fraction of sp³-hybridized carbons (Fsp3) is 0.176. The summed E-state index contributed by atoms with van der Waals surface area (Å²) in [4.78, 5) is 12.2. The van der Waals surface area contributed by atoms with Crippen LogP contribution >= 0.6 is 12.2 Å². The molecule has 0 saturated carbocycles. The Hall–Kier alpha value is -2.40. The number of carbonyl (C=O) groups is 1. The normalized spacial score (nSPS) is 9.95. The maximum absolute atomic E-state index is 12.2. The molecule has 0 aliphatic carbocycles. The summed E-state index contributed by atoms with van der Waals surface area (Å²) in [5.41, 5.74) is 3.54. The molecule has 0 saturated heterocycles. The Kier molecular flexibility index (Phi) is 5.12. The summed E-state index contributed by atoms with van der Waals surface area (Å²) in [6, 6.07) is 12.9. The number of methoxy groups -OCH3 is 1. The maximum Gasteiger partial charge on any atom is 0.257 e. The standard InChI is InChI=1S/C17H18N2O2S/c1-11-6-4-7-12(2)15(11)18-17(22)19-16(20)13-8-5-9-14(10-13)21-3/h4-10H,1-3H3,(H2,18,19,20,22). The predicted octanol–water partition coefficient (Wildman–Crippen LogP) is 3.44. The van der Waals surface area contributed by atoms with Gasteiger partial charge in [0.25, 0.3) is 5.91 Å². The van der Waals surface area contributed by atoms with E-state index in [1.165, 1.54) is 0 Å². The van der Waals surface area contributed by atoms with E-state index in [0.29, 0.717) is 11.3 Å². The second-order valence-corrected chi connectivity index (χ2v) is 5.32. The fourth-order valence-corrected chi connectivity index (χ4v) is 2.29. The molecular formula is C17H18N2O2S. The molecule has 0 bridgehead atoms. The van der Waals surface area contributed by atoms with Crippen LogP contribution in [0.5, 0.6) is 5.75 Å². The second-order valence-electron chi connectivity index (χ2n) is 4.91. The van der Waals surface area contributed by atoms with Crippen molar-refractivity contribution in [3.8, 4) is 5.75 Å². The Balaban J connectivity index is 2.07. The first-order valence-corrected chi connectivity index (χ1v) is 7.24. The molecule has 0 spiro atoms. The molecule has 2 rings (SSSR count). The lowest BCUT2D eigenvalue weighted by atomic mass is 10.1. The monoisotopic (exact) mass is 314 g/mol. The number of hydrogen-bond donors (Lipinski definition) is 2. The Bertz CT molecular complexity index is 693. The summed E-state index contributed by atoms with van der Waals surface area (Å²) in [6.45, 7) is 3.98. The molecule has 0 radical (unpaired) electrons. The Morgan fingerprint density at radius 1 is 1.09 bits per heavy atom. The average molecular weight is 314 g/mol. The summed E-state index contributed by atoms with van der Waals surface area (Å²) in [7, 11) is 1.56. The zero-order valence-corrected chi connectivity index (χ0v) is 13.6. The number of aryl methyl sites for hydroxylation is 2. The van der Waals surface area contributed by atoms with E-state index in [9.17, 15) is 4.79 Å². The first-order valence-electron chi connectivity index (χ1n) is 6.84. The van der Waals surface area contributed by atoms with Gasteiger partial charge in [0.1, 0.15) is 5.75 Å². The second kappa shape index (κ2) is 7.04. The van der Waals surface area contributed by atoms with Crippen LogP contribution < -0.4 is 15.4 Å². The van der Waals surface area contributed by atoms with Gasteiger partial charge >= 0.3 is 0 Å². The molecule has 1 amide bonds. The SMILES string of the molecule is COc1cccc(C(=O)NC(=S)Nc2c(C)cccc2C)c1. The van der Waals surface area contributed by atoms with Gasteiger partial charge in [0, 0.05) is 11.3 Å². The van der Waals surface area contributed by atoms with Gasteiger partial charge in [0.05, 0.1) is 7.11 Å². The van der Waals surface area contributed by atoms with E-state index in [2.05, 4.69) is 10.6 Å². The largest absolute Gasteiger partial charge is 0.497 e. The van der Waals surface area contributed by atoms with Crippen molar-refractivity contribution in [3.05, 3.63) is 59.2 Å². The Labute approximate surface area is 135 Å². The first-order chi connectivity index (χ1) is 10.5. The maximum atomic E-state index is 12.2. The molecule has 2 N–H and O–H groups in total. The molecule has 0 aromatic heterocycles. The lowest BCUT2D eigenvalue weighted by molar-refractivity contribution is 0.0977. The molecule has 22 heavy (non-hydrogen) atoms. The van der Waals surface area contributed by atoms with Crippen LogP contribution in [0.2, 0.25) is 0 Å². The third-order valence-corrected chi connectivity index (χ3v) is 3.48. The summed E-state index contributed by atoms with van der Waals surface area (Å²) in [6.07, 6.45) is 0. The quantitative estimate of drug-likeness (QED) is 0.852. The predicted molar refractivity (Wildman–Crippen MR) is 92.6 cm³/mol. The minimum absolute atomic E-state index is 0.269. The summed E-state index contributed by atoms with van der Waals surface area (Å²) < 4.78 is 5.11. The van der Waals surface area contributed by atoms with Crippen LogP contribution in [0.3, 0.4) is 0 Å². The molecule has 4 nitrogen and oxygen atoms in total. The zero-order chi connectivity index (χ0) is 16.1. The first kappa shape index (κ1) is 16.0. The van der Waals surface area contributed by atoms with Crippen LogP contribution in [0.15, 0.2) is 42.5 Å². The smallest absolute Gasteiger partial charge is 0.257 e. The van der Waals surface area contributed by atoms with Gasteiger partial charge < -0.3 is 10.1 Å². The Morgan fingerprint density at radius 3 is 2.36 bits per heavy atom. The van der Waals surface area contributed by atoms with Crippen molar-refractivity contribution in [1.82, 2.24) is 5.32 Å². The molecule has 0 atom stereocenters. The van der Waals surface area contributed by atoms with E-state index in [-0.39, 0.29) is 11.0 Å². The minimum atomic E-state index is -0.275. The molecule has 0 aliphatic rings. The molecule has 2 aromatic rings. The van der Waals surface area contributed by atoms with Crippen LogP contribution in [0.25, 0.3) is 0 Å². The van der Waals surface area contributed by atoms with Gasteiger partial charge in [-0.1, -0.05) is 24.3 Å². The van der Waals surface area contributed by atoms with Crippen LogP contribution in [0.1, 0.15) is 21.5 Å². The highest BCUT2D eigenvalue weighted by Gasteiger charge is 2.10. The Morgan fingerprint density at radius 2 is 1.73 bits per heavy atom. The lowest BCUT2D eigenvalue weighted by Gasteiger charge is -2.14. The summed E-state index contributed by atoms with van der Waals surface area (Å²) in [5, 5.41) is 6.02. The molecule has 0 aliphatic heterocycles. The molecular weight excluding hydrogens is 296 g/mol. The number of nitrogens with one attached hydrogen (secondary N) is 2. The number of thiocarbonyl (C=S) groups is 1. The van der Waals surface area contributed by atoms with Crippen molar-refractivity contribution in [2.45, 2.75) is 13.8 Å². The third-order valence-electron chi connectivity index (χ3n) is 3.28. The summed E-state index contributed by atoms with van der Waals surface area (Å²) >= 11 is 5.22. The van der Waals surface area contributed by atoms with Crippen molar-refractivity contribution in [1.29, 1.82) is 0 Å². The van der Waals surface area contributed by atoms with Crippen LogP contribution in [0.4, 0.5) is 5.69 Å². The van der Waals surface area contributed by atoms with Crippen molar-refractivity contribution in [2.75, 3.05) is 12.4 Å². The number of carbonyl (C=O) groups excluding carboxylic acids is 1. The number of ether oxygens (including phenoxy) is 1. The van der Waals surface area contributed by atoms with Crippen molar-refractivity contribution in [2.24, 2.45) is 0 Å². The number of anilines is 1. The topological polar surface area (TPSA) is 50.4 Å². The van der Waals surface area contributed by atoms with E-state index in [4.69, 9.17) is 17.0 Å². The number of amides is 1. The zero-order valence-electron chi connectivity index (χ0n) is 12.8. The lowest BCUT2D eigenvalue weighted by Crippen LogP contribution is -2.34. The van der Waals surface area contributed by atoms with E-state index in [0.717, 1.165) is 16.8 Å². The fourth-order valence-electron chi connectivity index (χ4n) is 2.10. The van der Waals surface area contributed by atoms with Gasteiger partial charge in [0.2, 0.25) is 0 Å². The molecule has 5 heteroatoms. The van der Waals surface area contributed by atoms with Gasteiger partial charge in [-0.05, 0) is 55.4 Å². The van der Waals surface area contributed by atoms with Gasteiger partial charge in [-0.2, -0.15) is 0 Å². The summed E-state index contributed by atoms with van der Waals surface area (Å²) in [5.74, 6) is 0.351. The van der Waals surface area contributed by atoms with Crippen molar-refractivity contribution in [3.63, 3.8) is 0 Å². The van der Waals surface area contributed by atoms with E-state index < -0.39 is 0 Å². The third kappa shape index (κ3) is 3.83. The van der Waals surface area contributed by atoms with Gasteiger partial charge in [-0.15, -0.1) is 0 Å². The van der Waals surface area contributed by atoms with E-state index >= 15 is 0 Å². The van der Waals surface area contributed by atoms with Crippen LogP contribution in [-0.4, -0.2) is 18.1 Å². The molecule has 114 valence electrons.